The van der Waals surface area contributed by atoms with E-state index in [-0.39, 0.29) is 11.6 Å². The summed E-state index contributed by atoms with van der Waals surface area (Å²) in [7, 11) is 0. The number of rotatable bonds is 4. The van der Waals surface area contributed by atoms with Crippen LogP contribution in [0.2, 0.25) is 0 Å². The maximum absolute atomic E-state index is 11.8. The molecule has 0 atom stereocenters. The molecule has 1 aliphatic heterocycles. The maximum atomic E-state index is 11.8. The molecule has 0 saturated carbocycles. The van der Waals surface area contributed by atoms with Crippen LogP contribution in [0.3, 0.4) is 0 Å². The van der Waals surface area contributed by atoms with Crippen molar-refractivity contribution < 1.29 is 9.72 Å². The van der Waals surface area contributed by atoms with Crippen molar-refractivity contribution >= 4 is 11.6 Å². The molecule has 6 nitrogen and oxygen atoms in total. The summed E-state index contributed by atoms with van der Waals surface area (Å²) < 4.78 is 0. The first-order valence-electron chi connectivity index (χ1n) is 6.08. The predicted octanol–water partition coefficient (Wildman–Crippen LogP) is 1.24. The molecule has 19 heavy (non-hydrogen) atoms. The zero-order valence-electron chi connectivity index (χ0n) is 10.4. The lowest BCUT2D eigenvalue weighted by molar-refractivity contribution is -0.384. The fourth-order valence-electron chi connectivity index (χ4n) is 1.86. The van der Waals surface area contributed by atoms with Gasteiger partial charge in [0.1, 0.15) is 0 Å². The van der Waals surface area contributed by atoms with Crippen LogP contribution in [-0.2, 0) is 0 Å². The third kappa shape index (κ3) is 3.62. The van der Waals surface area contributed by atoms with Crippen molar-refractivity contribution in [3.63, 3.8) is 0 Å². The van der Waals surface area contributed by atoms with Crippen molar-refractivity contribution in [3.05, 3.63) is 51.6 Å². The van der Waals surface area contributed by atoms with E-state index in [2.05, 4.69) is 16.7 Å². The van der Waals surface area contributed by atoms with Crippen molar-refractivity contribution in [2.45, 2.75) is 6.42 Å². The van der Waals surface area contributed by atoms with Crippen LogP contribution >= 0.6 is 0 Å². The molecule has 0 spiro atoms. The van der Waals surface area contributed by atoms with E-state index in [1.165, 1.54) is 29.8 Å². The van der Waals surface area contributed by atoms with Crippen molar-refractivity contribution in [2.24, 2.45) is 0 Å². The van der Waals surface area contributed by atoms with E-state index in [4.69, 9.17) is 0 Å². The number of non-ortho nitro benzene ring substituents is 1. The summed E-state index contributed by atoms with van der Waals surface area (Å²) in [6, 6.07) is 5.59. The number of carbonyl (C=O) groups excluding carboxylic acids is 1. The van der Waals surface area contributed by atoms with Crippen LogP contribution in [0.25, 0.3) is 0 Å². The van der Waals surface area contributed by atoms with Gasteiger partial charge in [0.25, 0.3) is 11.6 Å². The first-order valence-corrected chi connectivity index (χ1v) is 6.08. The Hall–Kier alpha value is -2.21. The van der Waals surface area contributed by atoms with Crippen LogP contribution in [0, 0.1) is 10.1 Å². The molecular formula is C13H15N3O3. The average molecular weight is 261 g/mol. The highest BCUT2D eigenvalue weighted by molar-refractivity contribution is 5.94. The first kappa shape index (κ1) is 13.2. The molecule has 1 aliphatic rings. The molecule has 0 aliphatic carbocycles. The number of amides is 1. The lowest BCUT2D eigenvalue weighted by atomic mass is 10.1. The number of nitrogens with zero attached hydrogens (tertiary/aromatic N) is 1. The molecule has 0 unspecified atom stereocenters. The number of nitrogens with one attached hydrogen (secondary N) is 2. The van der Waals surface area contributed by atoms with Crippen LogP contribution < -0.4 is 10.6 Å². The molecule has 6 heteroatoms. The van der Waals surface area contributed by atoms with Crippen LogP contribution in [0.1, 0.15) is 16.8 Å². The van der Waals surface area contributed by atoms with E-state index in [0.29, 0.717) is 12.1 Å². The molecule has 0 bridgehead atoms. The Morgan fingerprint density at radius 3 is 2.68 bits per heavy atom. The summed E-state index contributed by atoms with van der Waals surface area (Å²) in [5.41, 5.74) is 1.62. The number of hydrogen-bond donors (Lipinski definition) is 2. The van der Waals surface area contributed by atoms with Crippen LogP contribution in [0.15, 0.2) is 35.9 Å². The Morgan fingerprint density at radius 1 is 1.37 bits per heavy atom. The minimum atomic E-state index is -0.485. The first-order chi connectivity index (χ1) is 9.16. The summed E-state index contributed by atoms with van der Waals surface area (Å²) >= 11 is 0. The average Bonchev–Trinajstić information content (AvgIpc) is 2.46. The van der Waals surface area contributed by atoms with Gasteiger partial charge >= 0.3 is 0 Å². The van der Waals surface area contributed by atoms with Crippen molar-refractivity contribution in [3.8, 4) is 0 Å². The van der Waals surface area contributed by atoms with Gasteiger partial charge in [-0.1, -0.05) is 11.6 Å². The summed E-state index contributed by atoms with van der Waals surface area (Å²) in [6.45, 7) is 2.29. The molecule has 0 aromatic heterocycles. The summed E-state index contributed by atoms with van der Waals surface area (Å²) in [6.07, 6.45) is 3.00. The van der Waals surface area contributed by atoms with Crippen molar-refractivity contribution in [1.82, 2.24) is 10.6 Å². The largest absolute Gasteiger partial charge is 0.348 e. The third-order valence-electron chi connectivity index (χ3n) is 2.97. The second-order valence-electron chi connectivity index (χ2n) is 4.30. The van der Waals surface area contributed by atoms with Gasteiger partial charge in [-0.05, 0) is 25.1 Å². The highest BCUT2D eigenvalue weighted by Gasteiger charge is 2.10. The highest BCUT2D eigenvalue weighted by atomic mass is 16.6. The standard InChI is InChI=1S/C13H15N3O3/c17-13(15-9-10-5-7-14-8-6-10)11-1-3-12(4-2-11)16(18)19/h1-5,14H,6-9H2,(H,15,17). The molecule has 1 aromatic carbocycles. The Labute approximate surface area is 110 Å². The van der Waals surface area contributed by atoms with Crippen LogP contribution in [-0.4, -0.2) is 30.5 Å². The molecule has 1 aromatic rings. The van der Waals surface area contributed by atoms with Gasteiger partial charge in [0.05, 0.1) is 4.92 Å². The third-order valence-corrected chi connectivity index (χ3v) is 2.97. The van der Waals surface area contributed by atoms with E-state index in [1.54, 1.807) is 0 Å². The highest BCUT2D eigenvalue weighted by Crippen LogP contribution is 2.12. The number of carbonyl (C=O) groups is 1. The Balaban J connectivity index is 1.92. The molecule has 0 radical (unpaired) electrons. The molecule has 0 saturated heterocycles. The van der Waals surface area contributed by atoms with Gasteiger partial charge in [0.15, 0.2) is 0 Å². The van der Waals surface area contributed by atoms with Crippen molar-refractivity contribution in [1.29, 1.82) is 0 Å². The lowest BCUT2D eigenvalue weighted by Crippen LogP contribution is -2.29. The topological polar surface area (TPSA) is 84.3 Å². The summed E-state index contributed by atoms with van der Waals surface area (Å²) in [5, 5.41) is 16.5. The molecular weight excluding hydrogens is 246 g/mol. The Bertz CT molecular complexity index is 508. The SMILES string of the molecule is O=C(NCC1=CCNCC1)c1ccc([N+](=O)[O-])cc1. The van der Waals surface area contributed by atoms with Gasteiger partial charge in [-0.3, -0.25) is 14.9 Å². The quantitative estimate of drug-likeness (QED) is 0.485. The molecule has 0 fully saturated rings. The van der Waals surface area contributed by atoms with Crippen molar-refractivity contribution in [2.75, 3.05) is 19.6 Å². The van der Waals surface area contributed by atoms with Crippen LogP contribution in [0.5, 0.6) is 0 Å². The van der Waals surface area contributed by atoms with E-state index in [9.17, 15) is 14.9 Å². The number of nitro benzene ring substituents is 1. The smallest absolute Gasteiger partial charge is 0.269 e. The fourth-order valence-corrected chi connectivity index (χ4v) is 1.86. The second-order valence-corrected chi connectivity index (χ2v) is 4.30. The maximum Gasteiger partial charge on any atom is 0.269 e. The molecule has 1 heterocycles. The lowest BCUT2D eigenvalue weighted by Gasteiger charge is -2.14. The summed E-state index contributed by atoms with van der Waals surface area (Å²) in [4.78, 5) is 21.9. The fraction of sp³-hybridized carbons (Fsp3) is 0.308. The molecule has 2 N–H and O–H groups in total. The molecule has 1 amide bonds. The molecule has 100 valence electrons. The van der Waals surface area contributed by atoms with Gasteiger partial charge < -0.3 is 10.6 Å². The van der Waals surface area contributed by atoms with E-state index in [1.807, 2.05) is 0 Å². The zero-order chi connectivity index (χ0) is 13.7. The van der Waals surface area contributed by atoms with Gasteiger partial charge in [-0.2, -0.15) is 0 Å². The Kier molecular flexibility index (Phi) is 4.25. The number of hydrogen-bond acceptors (Lipinski definition) is 4. The predicted molar refractivity (Wildman–Crippen MR) is 71.0 cm³/mol. The number of nitro groups is 1. The van der Waals surface area contributed by atoms with E-state index >= 15 is 0 Å². The number of benzene rings is 1. The minimum Gasteiger partial charge on any atom is -0.348 e. The zero-order valence-corrected chi connectivity index (χ0v) is 10.4. The van der Waals surface area contributed by atoms with E-state index < -0.39 is 4.92 Å². The van der Waals surface area contributed by atoms with Gasteiger partial charge in [-0.25, -0.2) is 0 Å². The van der Waals surface area contributed by atoms with Gasteiger partial charge in [0.2, 0.25) is 0 Å². The monoisotopic (exact) mass is 261 g/mol. The normalized spacial score (nSPS) is 14.6. The van der Waals surface area contributed by atoms with Gasteiger partial charge in [-0.15, -0.1) is 0 Å². The van der Waals surface area contributed by atoms with Gasteiger partial charge in [0, 0.05) is 30.8 Å². The Morgan fingerprint density at radius 2 is 2.11 bits per heavy atom. The minimum absolute atomic E-state index is 0.0161. The summed E-state index contributed by atoms with van der Waals surface area (Å²) in [5.74, 6) is -0.214. The molecule has 2 rings (SSSR count). The van der Waals surface area contributed by atoms with E-state index in [0.717, 1.165) is 19.5 Å². The van der Waals surface area contributed by atoms with Crippen LogP contribution in [0.4, 0.5) is 5.69 Å². The second kappa shape index (κ2) is 6.10.